The topological polar surface area (TPSA) is 44.1 Å². The molecule has 0 aliphatic rings. The number of hydrogen-bond acceptors (Lipinski definition) is 3. The van der Waals surface area contributed by atoms with E-state index in [-0.39, 0.29) is 22.9 Å². The van der Waals surface area contributed by atoms with Crippen molar-refractivity contribution in [1.29, 1.82) is 0 Å². The van der Waals surface area contributed by atoms with Crippen molar-refractivity contribution in [2.24, 2.45) is 0 Å². The molecular weight excluding hydrogens is 462 g/mol. The molecule has 0 unspecified atom stereocenters. The standard InChI is InChI=1S/2C12H8F3NO/c13-12(14,15)9-4-3-5-10(8-9)17-11-6-1-2-7-16-11;13-12(14,15)9-4-3-5-10(8-9)16-7-2-1-6-11(16)17/h2*1-8H. The van der Waals surface area contributed by atoms with E-state index >= 15 is 0 Å². The Hall–Kier alpha value is -4.08. The lowest BCUT2D eigenvalue weighted by molar-refractivity contribution is -0.138. The molecule has 0 saturated heterocycles. The second-order valence-corrected chi connectivity index (χ2v) is 6.75. The molecule has 2 heterocycles. The van der Waals surface area contributed by atoms with Crippen LogP contribution in [0, 0.1) is 0 Å². The fourth-order valence-corrected chi connectivity index (χ4v) is 2.74. The summed E-state index contributed by atoms with van der Waals surface area (Å²) in [6.45, 7) is 0. The molecule has 0 bridgehead atoms. The van der Waals surface area contributed by atoms with Crippen molar-refractivity contribution < 1.29 is 31.1 Å². The number of alkyl halides is 6. The number of nitrogens with zero attached hydrogens (tertiary/aromatic N) is 2. The van der Waals surface area contributed by atoms with Crippen LogP contribution in [0.25, 0.3) is 5.69 Å². The van der Waals surface area contributed by atoms with Crippen LogP contribution >= 0.6 is 0 Å². The summed E-state index contributed by atoms with van der Waals surface area (Å²) < 4.78 is 81.2. The lowest BCUT2D eigenvalue weighted by atomic mass is 10.2. The Balaban J connectivity index is 0.000000191. The normalized spacial score (nSPS) is 11.4. The lowest BCUT2D eigenvalue weighted by Gasteiger charge is -2.09. The highest BCUT2D eigenvalue weighted by molar-refractivity contribution is 5.37. The molecule has 0 aliphatic carbocycles. The molecule has 0 fully saturated rings. The third kappa shape index (κ3) is 6.71. The van der Waals surface area contributed by atoms with Gasteiger partial charge in [-0.1, -0.05) is 24.3 Å². The van der Waals surface area contributed by atoms with Gasteiger partial charge in [0, 0.05) is 30.2 Å². The maximum Gasteiger partial charge on any atom is 0.416 e. The third-order valence-electron chi connectivity index (χ3n) is 4.30. The van der Waals surface area contributed by atoms with E-state index in [0.717, 1.165) is 28.8 Å². The SMILES string of the molecule is FC(F)(F)c1cccc(Oc2ccccn2)c1.O=c1ccccn1-c1cccc(C(F)(F)F)c1. The first-order valence-corrected chi connectivity index (χ1v) is 9.65. The van der Waals surface area contributed by atoms with Gasteiger partial charge in [0.25, 0.3) is 5.56 Å². The van der Waals surface area contributed by atoms with Gasteiger partial charge in [-0.3, -0.25) is 9.36 Å². The van der Waals surface area contributed by atoms with Crippen LogP contribution in [0.1, 0.15) is 11.1 Å². The van der Waals surface area contributed by atoms with Crippen LogP contribution in [-0.2, 0) is 12.4 Å². The number of aromatic nitrogens is 2. The fourth-order valence-electron chi connectivity index (χ4n) is 2.74. The molecule has 4 aromatic rings. The van der Waals surface area contributed by atoms with Crippen LogP contribution < -0.4 is 10.3 Å². The first-order valence-electron chi connectivity index (χ1n) is 9.65. The average Bonchev–Trinajstić information content (AvgIpc) is 2.80. The van der Waals surface area contributed by atoms with Gasteiger partial charge in [-0.05, 0) is 48.5 Å². The van der Waals surface area contributed by atoms with Crippen LogP contribution in [-0.4, -0.2) is 9.55 Å². The monoisotopic (exact) mass is 478 g/mol. The summed E-state index contributed by atoms with van der Waals surface area (Å²) in [7, 11) is 0. The molecule has 0 spiro atoms. The predicted molar refractivity (Wildman–Crippen MR) is 113 cm³/mol. The predicted octanol–water partition coefficient (Wildman–Crippen LogP) is 6.75. The summed E-state index contributed by atoms with van der Waals surface area (Å²) in [5, 5.41) is 0. The average molecular weight is 478 g/mol. The Bertz CT molecular complexity index is 1280. The maximum atomic E-state index is 12.5. The Morgan fingerprint density at radius 3 is 1.97 bits per heavy atom. The molecule has 4 rings (SSSR count). The molecule has 0 atom stereocenters. The van der Waals surface area contributed by atoms with Crippen molar-refractivity contribution >= 4 is 0 Å². The van der Waals surface area contributed by atoms with E-state index in [1.54, 1.807) is 24.3 Å². The van der Waals surface area contributed by atoms with Crippen molar-refractivity contribution in [1.82, 2.24) is 9.55 Å². The van der Waals surface area contributed by atoms with Crippen LogP contribution in [0.2, 0.25) is 0 Å². The minimum atomic E-state index is -4.41. The highest BCUT2D eigenvalue weighted by atomic mass is 19.4. The van der Waals surface area contributed by atoms with Crippen molar-refractivity contribution in [3.05, 3.63) is 119 Å². The second-order valence-electron chi connectivity index (χ2n) is 6.75. The van der Waals surface area contributed by atoms with Gasteiger partial charge in [-0.15, -0.1) is 0 Å². The number of ether oxygens (including phenoxy) is 1. The van der Waals surface area contributed by atoms with Crippen LogP contribution in [0.5, 0.6) is 11.6 Å². The molecule has 2 aromatic heterocycles. The molecule has 4 nitrogen and oxygen atoms in total. The van der Waals surface area contributed by atoms with Gasteiger partial charge in [0.15, 0.2) is 0 Å². The summed E-state index contributed by atoms with van der Waals surface area (Å²) >= 11 is 0. The van der Waals surface area contributed by atoms with Crippen LogP contribution in [0.15, 0.2) is 102 Å². The molecule has 176 valence electrons. The largest absolute Gasteiger partial charge is 0.439 e. The van der Waals surface area contributed by atoms with Gasteiger partial charge in [-0.25, -0.2) is 4.98 Å². The molecule has 0 N–H and O–H groups in total. The third-order valence-corrected chi connectivity index (χ3v) is 4.30. The Morgan fingerprint density at radius 2 is 1.35 bits per heavy atom. The van der Waals surface area contributed by atoms with E-state index in [2.05, 4.69) is 4.98 Å². The first-order chi connectivity index (χ1) is 16.0. The number of hydrogen-bond donors (Lipinski definition) is 0. The van der Waals surface area contributed by atoms with E-state index in [9.17, 15) is 31.1 Å². The summed E-state index contributed by atoms with van der Waals surface area (Å²) in [6, 6.07) is 18.7. The van der Waals surface area contributed by atoms with Crippen molar-refractivity contribution in [3.8, 4) is 17.3 Å². The van der Waals surface area contributed by atoms with Crippen LogP contribution in [0.4, 0.5) is 26.3 Å². The Labute approximate surface area is 189 Å². The van der Waals surface area contributed by atoms with E-state index < -0.39 is 23.5 Å². The summed E-state index contributed by atoms with van der Waals surface area (Å²) in [5.74, 6) is 0.366. The van der Waals surface area contributed by atoms with Gasteiger partial charge in [0.1, 0.15) is 5.75 Å². The van der Waals surface area contributed by atoms with E-state index in [4.69, 9.17) is 4.74 Å². The molecule has 0 aliphatic heterocycles. The Kier molecular flexibility index (Phi) is 7.40. The summed E-state index contributed by atoms with van der Waals surface area (Å²) in [5.41, 5.74) is -1.69. The highest BCUT2D eigenvalue weighted by Crippen LogP contribution is 2.32. The van der Waals surface area contributed by atoms with Crippen LogP contribution in [0.3, 0.4) is 0 Å². The van der Waals surface area contributed by atoms with Crippen molar-refractivity contribution in [2.75, 3.05) is 0 Å². The van der Waals surface area contributed by atoms with E-state index in [1.165, 1.54) is 48.8 Å². The molecule has 10 heteroatoms. The molecule has 0 saturated carbocycles. The zero-order valence-corrected chi connectivity index (χ0v) is 17.2. The molecular formula is C24H16F6N2O2. The molecule has 0 amide bonds. The number of benzene rings is 2. The van der Waals surface area contributed by atoms with Crippen molar-refractivity contribution in [3.63, 3.8) is 0 Å². The highest BCUT2D eigenvalue weighted by Gasteiger charge is 2.31. The van der Waals surface area contributed by atoms with E-state index in [0.29, 0.717) is 0 Å². The quantitative estimate of drug-likeness (QED) is 0.306. The fraction of sp³-hybridized carbons (Fsp3) is 0.0833. The molecule has 0 radical (unpaired) electrons. The molecule has 34 heavy (non-hydrogen) atoms. The number of halogens is 6. The van der Waals surface area contributed by atoms with E-state index in [1.807, 2.05) is 0 Å². The summed E-state index contributed by atoms with van der Waals surface area (Å²) in [4.78, 5) is 15.3. The lowest BCUT2D eigenvalue weighted by Crippen LogP contribution is -2.16. The summed E-state index contributed by atoms with van der Waals surface area (Å²) in [6.07, 6.45) is -5.85. The Morgan fingerprint density at radius 1 is 0.706 bits per heavy atom. The smallest absolute Gasteiger partial charge is 0.416 e. The second kappa shape index (κ2) is 10.2. The minimum absolute atomic E-state index is 0.110. The number of rotatable bonds is 3. The first kappa shape index (κ1) is 24.6. The van der Waals surface area contributed by atoms with Gasteiger partial charge in [0.05, 0.1) is 11.1 Å². The minimum Gasteiger partial charge on any atom is -0.439 e. The zero-order chi connectivity index (χ0) is 24.8. The maximum absolute atomic E-state index is 12.5. The molecule has 2 aromatic carbocycles. The van der Waals surface area contributed by atoms with Gasteiger partial charge < -0.3 is 4.74 Å². The zero-order valence-electron chi connectivity index (χ0n) is 17.2. The van der Waals surface area contributed by atoms with Gasteiger partial charge in [-0.2, -0.15) is 26.3 Å². The number of pyridine rings is 2. The van der Waals surface area contributed by atoms with Gasteiger partial charge >= 0.3 is 12.4 Å². The van der Waals surface area contributed by atoms with Gasteiger partial charge in [0.2, 0.25) is 5.88 Å². The van der Waals surface area contributed by atoms with Crippen molar-refractivity contribution in [2.45, 2.75) is 12.4 Å².